The molecule has 3 rings (SSSR count). The quantitative estimate of drug-likeness (QED) is 0.734. The molecule has 0 unspecified atom stereocenters. The van der Waals surface area contributed by atoms with Gasteiger partial charge in [0.1, 0.15) is 12.6 Å². The highest BCUT2D eigenvalue weighted by Gasteiger charge is 2.30. The normalized spacial score (nSPS) is 17.1. The summed E-state index contributed by atoms with van der Waals surface area (Å²) in [5.74, 6) is 0.396. The van der Waals surface area contributed by atoms with Crippen LogP contribution in [0.2, 0.25) is 0 Å². The van der Waals surface area contributed by atoms with Gasteiger partial charge in [-0.15, -0.1) is 11.8 Å². The van der Waals surface area contributed by atoms with Crippen LogP contribution >= 0.6 is 11.8 Å². The van der Waals surface area contributed by atoms with Crippen molar-refractivity contribution in [2.75, 3.05) is 43.4 Å². The number of benzene rings is 2. The number of para-hydroxylation sites is 1. The van der Waals surface area contributed by atoms with E-state index in [1.807, 2.05) is 18.2 Å². The van der Waals surface area contributed by atoms with E-state index in [0.29, 0.717) is 17.2 Å². The van der Waals surface area contributed by atoms with Crippen LogP contribution in [0.25, 0.3) is 0 Å². The zero-order chi connectivity index (χ0) is 19.3. The topological polar surface area (TPSA) is 27.9 Å². The van der Waals surface area contributed by atoms with Gasteiger partial charge in [0.05, 0.1) is 31.7 Å². The van der Waals surface area contributed by atoms with Crippen molar-refractivity contribution in [3.63, 3.8) is 0 Å². The summed E-state index contributed by atoms with van der Waals surface area (Å²) >= 11 is 1.27. The second kappa shape index (κ2) is 8.99. The third kappa shape index (κ3) is 5.89. The lowest BCUT2D eigenvalue weighted by Gasteiger charge is -2.34. The Hall–Kier alpha value is -1.70. The lowest BCUT2D eigenvalue weighted by molar-refractivity contribution is -0.903. The summed E-state index contributed by atoms with van der Waals surface area (Å²) < 4.78 is 38.3. The summed E-state index contributed by atoms with van der Waals surface area (Å²) in [7, 11) is 0. The molecule has 1 aliphatic heterocycles. The maximum Gasteiger partial charge on any atom is 0.416 e. The number of thioether (sulfide) groups is 1. The van der Waals surface area contributed by atoms with Gasteiger partial charge in [-0.1, -0.05) is 24.3 Å². The SMILES string of the molecule is O[C@@H](CSc1cccc(C(F)(F)F)c1)C[NH+]1CCN(c2ccccc2)CC1. The first-order valence-corrected chi connectivity index (χ1v) is 10.0. The first-order chi connectivity index (χ1) is 12.9. The predicted octanol–water partition coefficient (Wildman–Crippen LogP) is 2.56. The first-order valence-electron chi connectivity index (χ1n) is 9.03. The van der Waals surface area contributed by atoms with Crippen molar-refractivity contribution >= 4 is 17.4 Å². The van der Waals surface area contributed by atoms with Gasteiger partial charge in [0.25, 0.3) is 0 Å². The molecule has 0 amide bonds. The molecule has 2 N–H and O–H groups in total. The summed E-state index contributed by atoms with van der Waals surface area (Å²) in [5, 5.41) is 10.3. The Morgan fingerprint density at radius 1 is 1.04 bits per heavy atom. The molecule has 7 heteroatoms. The summed E-state index contributed by atoms with van der Waals surface area (Å²) in [4.78, 5) is 4.21. The molecule has 3 nitrogen and oxygen atoms in total. The summed E-state index contributed by atoms with van der Waals surface area (Å²) in [6.07, 6.45) is -4.87. The second-order valence-corrected chi connectivity index (χ2v) is 7.86. The highest BCUT2D eigenvalue weighted by atomic mass is 32.2. The largest absolute Gasteiger partial charge is 0.416 e. The van der Waals surface area contributed by atoms with Crippen LogP contribution in [0.4, 0.5) is 18.9 Å². The Balaban J connectivity index is 1.43. The number of halogens is 3. The molecule has 0 spiro atoms. The molecule has 2 aromatic carbocycles. The number of hydrogen-bond donors (Lipinski definition) is 2. The minimum absolute atomic E-state index is 0.396. The molecule has 0 bridgehead atoms. The predicted molar refractivity (Wildman–Crippen MR) is 102 cm³/mol. The first kappa shape index (κ1) is 20.0. The third-order valence-electron chi connectivity index (χ3n) is 4.72. The van der Waals surface area contributed by atoms with Crippen LogP contribution in [0.5, 0.6) is 0 Å². The van der Waals surface area contributed by atoms with Crippen molar-refractivity contribution in [2.45, 2.75) is 17.2 Å². The van der Waals surface area contributed by atoms with Crippen LogP contribution in [0.1, 0.15) is 5.56 Å². The van der Waals surface area contributed by atoms with Gasteiger partial charge < -0.3 is 14.9 Å². The average Bonchev–Trinajstić information content (AvgIpc) is 2.67. The van der Waals surface area contributed by atoms with Gasteiger partial charge in [-0.05, 0) is 30.3 Å². The molecule has 27 heavy (non-hydrogen) atoms. The smallest absolute Gasteiger partial charge is 0.386 e. The molecule has 2 aromatic rings. The fraction of sp³-hybridized carbons (Fsp3) is 0.400. The van der Waals surface area contributed by atoms with Gasteiger partial charge in [-0.3, -0.25) is 0 Å². The number of piperazine rings is 1. The van der Waals surface area contributed by atoms with Crippen LogP contribution in [-0.2, 0) is 6.18 Å². The minimum atomic E-state index is -4.34. The number of alkyl halides is 3. The number of anilines is 1. The fourth-order valence-electron chi connectivity index (χ4n) is 3.27. The molecule has 1 aliphatic rings. The van der Waals surface area contributed by atoms with Crippen LogP contribution in [0, 0.1) is 0 Å². The monoisotopic (exact) mass is 397 g/mol. The standard InChI is InChI=1S/C20H23F3N2OS/c21-20(22,23)16-5-4-8-19(13-16)27-15-18(26)14-24-9-11-25(12-10-24)17-6-2-1-3-7-17/h1-8,13,18,26H,9-12,14-15H2/p+1/t18-/m1/s1. The third-order valence-corrected chi connectivity index (χ3v) is 5.86. The van der Waals surface area contributed by atoms with Gasteiger partial charge in [0.2, 0.25) is 0 Å². The molecular weight excluding hydrogens is 373 g/mol. The number of nitrogens with one attached hydrogen (secondary N) is 1. The van der Waals surface area contributed by atoms with E-state index in [-0.39, 0.29) is 0 Å². The van der Waals surface area contributed by atoms with Crippen molar-refractivity contribution in [2.24, 2.45) is 0 Å². The Morgan fingerprint density at radius 3 is 2.41 bits per heavy atom. The van der Waals surface area contributed by atoms with Crippen LogP contribution in [0.3, 0.4) is 0 Å². The minimum Gasteiger partial charge on any atom is -0.386 e. The van der Waals surface area contributed by atoms with E-state index in [1.165, 1.54) is 28.4 Å². The van der Waals surface area contributed by atoms with Gasteiger partial charge in [-0.25, -0.2) is 0 Å². The molecule has 0 aromatic heterocycles. The number of rotatable bonds is 6. The summed E-state index contributed by atoms with van der Waals surface area (Å²) in [6, 6.07) is 15.5. The van der Waals surface area contributed by atoms with E-state index < -0.39 is 17.8 Å². The van der Waals surface area contributed by atoms with Crippen LogP contribution in [0.15, 0.2) is 59.5 Å². The number of hydrogen-bond acceptors (Lipinski definition) is 3. The highest BCUT2D eigenvalue weighted by Crippen LogP contribution is 2.31. The Kier molecular flexibility index (Phi) is 6.68. The number of quaternary nitrogens is 1. The van der Waals surface area contributed by atoms with Gasteiger partial charge >= 0.3 is 6.18 Å². The lowest BCUT2D eigenvalue weighted by atomic mass is 10.2. The summed E-state index contributed by atoms with van der Waals surface area (Å²) in [6.45, 7) is 4.38. The van der Waals surface area contributed by atoms with E-state index in [0.717, 1.165) is 38.3 Å². The molecule has 1 fully saturated rings. The second-order valence-electron chi connectivity index (χ2n) is 6.77. The zero-order valence-corrected chi connectivity index (χ0v) is 15.8. The van der Waals surface area contributed by atoms with E-state index in [4.69, 9.17) is 0 Å². The maximum absolute atomic E-state index is 12.8. The van der Waals surface area contributed by atoms with Crippen molar-refractivity contribution in [3.8, 4) is 0 Å². The van der Waals surface area contributed by atoms with Crippen molar-refractivity contribution in [1.29, 1.82) is 0 Å². The fourth-order valence-corrected chi connectivity index (χ4v) is 4.16. The number of nitrogens with zero attached hydrogens (tertiary/aromatic N) is 1. The molecule has 0 saturated carbocycles. The van der Waals surface area contributed by atoms with E-state index >= 15 is 0 Å². The lowest BCUT2D eigenvalue weighted by Crippen LogP contribution is -3.15. The molecule has 1 saturated heterocycles. The summed E-state index contributed by atoms with van der Waals surface area (Å²) in [5.41, 5.74) is 0.571. The van der Waals surface area contributed by atoms with E-state index in [9.17, 15) is 18.3 Å². The van der Waals surface area contributed by atoms with Gasteiger partial charge in [-0.2, -0.15) is 13.2 Å². The van der Waals surface area contributed by atoms with Crippen molar-refractivity contribution in [3.05, 3.63) is 60.2 Å². The van der Waals surface area contributed by atoms with Gasteiger partial charge in [0.15, 0.2) is 0 Å². The van der Waals surface area contributed by atoms with E-state index in [2.05, 4.69) is 17.0 Å². The molecular formula is C20H24F3N2OS+. The average molecular weight is 397 g/mol. The molecule has 0 radical (unpaired) electrons. The van der Waals surface area contributed by atoms with Crippen molar-refractivity contribution in [1.82, 2.24) is 0 Å². The maximum atomic E-state index is 12.8. The Morgan fingerprint density at radius 2 is 1.74 bits per heavy atom. The van der Waals surface area contributed by atoms with Crippen molar-refractivity contribution < 1.29 is 23.2 Å². The van der Waals surface area contributed by atoms with Crippen LogP contribution in [-0.4, -0.2) is 49.7 Å². The highest BCUT2D eigenvalue weighted by molar-refractivity contribution is 7.99. The molecule has 1 heterocycles. The van der Waals surface area contributed by atoms with Crippen LogP contribution < -0.4 is 9.80 Å². The number of aliphatic hydroxyl groups excluding tert-OH is 1. The molecule has 1 atom stereocenters. The molecule has 0 aliphatic carbocycles. The molecule has 146 valence electrons. The van der Waals surface area contributed by atoms with Gasteiger partial charge in [0, 0.05) is 16.3 Å². The zero-order valence-electron chi connectivity index (χ0n) is 15.0. The Labute approximate surface area is 161 Å². The number of aliphatic hydroxyl groups is 1. The Bertz CT molecular complexity index is 719. The van der Waals surface area contributed by atoms with E-state index in [1.54, 1.807) is 6.07 Å².